The van der Waals surface area contributed by atoms with E-state index in [4.69, 9.17) is 9.15 Å². The van der Waals surface area contributed by atoms with Gasteiger partial charge in [0.05, 0.1) is 7.11 Å². The maximum atomic E-state index is 12.9. The van der Waals surface area contributed by atoms with Crippen LogP contribution in [0.4, 0.5) is 0 Å². The Morgan fingerprint density at radius 2 is 1.67 bits per heavy atom. The Balaban J connectivity index is 1.31. The SMILES string of the molecule is COc1cc2oc3c(c2cc1/C(C)=C/C(=O)NCCC(c1ccccc1)c1ccccc1)CCCC3. The average Bonchev–Trinajstić information content (AvgIpc) is 3.29. The molecule has 3 aromatic carbocycles. The highest BCUT2D eigenvalue weighted by atomic mass is 16.5. The number of fused-ring (bicyclic) bond motifs is 3. The summed E-state index contributed by atoms with van der Waals surface area (Å²) in [5.74, 6) is 1.96. The molecule has 0 spiro atoms. The second-order valence-corrected chi connectivity index (χ2v) is 9.54. The molecule has 0 fully saturated rings. The lowest BCUT2D eigenvalue weighted by atomic mass is 9.88. The zero-order chi connectivity index (χ0) is 24.9. The smallest absolute Gasteiger partial charge is 0.244 e. The minimum absolute atomic E-state index is 0.0938. The van der Waals surface area contributed by atoms with E-state index < -0.39 is 0 Å². The van der Waals surface area contributed by atoms with Gasteiger partial charge >= 0.3 is 0 Å². The van der Waals surface area contributed by atoms with Gasteiger partial charge in [-0.1, -0.05) is 60.7 Å². The Morgan fingerprint density at radius 3 is 2.33 bits per heavy atom. The summed E-state index contributed by atoms with van der Waals surface area (Å²) in [7, 11) is 1.66. The topological polar surface area (TPSA) is 51.5 Å². The zero-order valence-electron chi connectivity index (χ0n) is 21.1. The molecule has 0 bridgehead atoms. The Bertz CT molecular complexity index is 1330. The van der Waals surface area contributed by atoms with Crippen molar-refractivity contribution in [3.05, 3.63) is 107 Å². The zero-order valence-corrected chi connectivity index (χ0v) is 21.1. The first-order valence-corrected chi connectivity index (χ1v) is 12.8. The van der Waals surface area contributed by atoms with Crippen LogP contribution >= 0.6 is 0 Å². The molecule has 0 atom stereocenters. The van der Waals surface area contributed by atoms with E-state index in [2.05, 4.69) is 59.9 Å². The number of amides is 1. The Hall–Kier alpha value is -3.79. The number of furan rings is 1. The highest BCUT2D eigenvalue weighted by Crippen LogP contribution is 2.38. The molecule has 184 valence electrons. The Morgan fingerprint density at radius 1 is 1.00 bits per heavy atom. The summed E-state index contributed by atoms with van der Waals surface area (Å²) in [6, 6.07) is 25.0. The van der Waals surface area contributed by atoms with Crippen LogP contribution < -0.4 is 10.1 Å². The van der Waals surface area contributed by atoms with Gasteiger partial charge in [-0.3, -0.25) is 4.79 Å². The van der Waals surface area contributed by atoms with Gasteiger partial charge < -0.3 is 14.5 Å². The van der Waals surface area contributed by atoms with E-state index in [0.717, 1.165) is 52.9 Å². The molecular formula is C32H33NO3. The van der Waals surface area contributed by atoms with Crippen LogP contribution in [0, 0.1) is 0 Å². The van der Waals surface area contributed by atoms with Crippen molar-refractivity contribution in [2.75, 3.05) is 13.7 Å². The largest absolute Gasteiger partial charge is 0.496 e. The number of ether oxygens (including phenoxy) is 1. The molecule has 1 aliphatic rings. The standard InChI is InChI=1S/C32H33NO3/c1-22(27-20-28-26-15-9-10-16-29(26)36-31(28)21-30(27)35-2)19-32(34)33-18-17-25(23-11-5-3-6-12-23)24-13-7-4-8-14-24/h3-8,11-14,19-21,25H,9-10,15-18H2,1-2H3,(H,33,34)/b22-19+. The molecule has 1 heterocycles. The molecule has 1 amide bonds. The lowest BCUT2D eigenvalue weighted by Gasteiger charge is -2.18. The molecule has 1 aromatic heterocycles. The maximum absolute atomic E-state index is 12.9. The van der Waals surface area contributed by atoms with Gasteiger partial charge in [0, 0.05) is 47.5 Å². The first kappa shape index (κ1) is 23.9. The van der Waals surface area contributed by atoms with Crippen LogP contribution in [0.5, 0.6) is 5.75 Å². The van der Waals surface area contributed by atoms with Gasteiger partial charge in [-0.2, -0.15) is 0 Å². The minimum Gasteiger partial charge on any atom is -0.496 e. The van der Waals surface area contributed by atoms with Gasteiger partial charge in [0.25, 0.3) is 0 Å². The second-order valence-electron chi connectivity index (χ2n) is 9.54. The van der Waals surface area contributed by atoms with Crippen molar-refractivity contribution in [2.24, 2.45) is 0 Å². The van der Waals surface area contributed by atoms with E-state index in [0.29, 0.717) is 6.54 Å². The van der Waals surface area contributed by atoms with Crippen molar-refractivity contribution in [3.63, 3.8) is 0 Å². The number of methoxy groups -OCH3 is 1. The summed E-state index contributed by atoms with van der Waals surface area (Å²) in [4.78, 5) is 12.9. The first-order chi connectivity index (χ1) is 17.6. The van der Waals surface area contributed by atoms with Crippen LogP contribution in [0.1, 0.15) is 60.1 Å². The number of aryl methyl sites for hydroxylation is 2. The third kappa shape index (κ3) is 5.08. The fourth-order valence-electron chi connectivity index (χ4n) is 5.33. The molecule has 4 heteroatoms. The van der Waals surface area contributed by atoms with Crippen LogP contribution in [0.25, 0.3) is 16.5 Å². The number of nitrogens with one attached hydrogen (secondary N) is 1. The normalized spacial score (nSPS) is 13.6. The number of carbonyl (C=O) groups is 1. The molecule has 1 N–H and O–H groups in total. The molecule has 0 aliphatic heterocycles. The predicted molar refractivity (Wildman–Crippen MR) is 145 cm³/mol. The van der Waals surface area contributed by atoms with Crippen LogP contribution in [0.2, 0.25) is 0 Å². The lowest BCUT2D eigenvalue weighted by Crippen LogP contribution is -2.24. The molecule has 4 aromatic rings. The molecular weight excluding hydrogens is 446 g/mol. The van der Waals surface area contributed by atoms with Crippen LogP contribution in [0.15, 0.2) is 83.3 Å². The molecule has 36 heavy (non-hydrogen) atoms. The number of hydrogen-bond acceptors (Lipinski definition) is 3. The molecule has 0 saturated heterocycles. The molecule has 0 unspecified atom stereocenters. The van der Waals surface area contributed by atoms with E-state index in [1.165, 1.54) is 29.5 Å². The van der Waals surface area contributed by atoms with Gasteiger partial charge in [-0.15, -0.1) is 0 Å². The van der Waals surface area contributed by atoms with E-state index >= 15 is 0 Å². The molecule has 0 radical (unpaired) electrons. The lowest BCUT2D eigenvalue weighted by molar-refractivity contribution is -0.116. The van der Waals surface area contributed by atoms with Gasteiger partial charge in [-0.05, 0) is 55.4 Å². The number of rotatable bonds is 8. The molecule has 5 rings (SSSR count). The second kappa shape index (κ2) is 10.9. The molecule has 1 aliphatic carbocycles. The number of carbonyl (C=O) groups excluding carboxylic acids is 1. The van der Waals surface area contributed by atoms with Crippen molar-refractivity contribution >= 4 is 22.4 Å². The molecule has 0 saturated carbocycles. The summed E-state index contributed by atoms with van der Waals surface area (Å²) in [5.41, 5.74) is 6.50. The van der Waals surface area contributed by atoms with Gasteiger partial charge in [0.1, 0.15) is 17.1 Å². The van der Waals surface area contributed by atoms with E-state index in [-0.39, 0.29) is 11.8 Å². The van der Waals surface area contributed by atoms with Crippen LogP contribution in [-0.4, -0.2) is 19.6 Å². The van der Waals surface area contributed by atoms with Crippen molar-refractivity contribution in [3.8, 4) is 5.75 Å². The summed E-state index contributed by atoms with van der Waals surface area (Å²) < 4.78 is 11.8. The first-order valence-electron chi connectivity index (χ1n) is 12.8. The van der Waals surface area contributed by atoms with Crippen molar-refractivity contribution in [1.29, 1.82) is 0 Å². The Labute approximate surface area is 213 Å². The van der Waals surface area contributed by atoms with Crippen LogP contribution in [-0.2, 0) is 17.6 Å². The third-order valence-electron chi connectivity index (χ3n) is 7.19. The third-order valence-corrected chi connectivity index (χ3v) is 7.19. The summed E-state index contributed by atoms with van der Waals surface area (Å²) in [5, 5.41) is 4.24. The van der Waals surface area contributed by atoms with E-state index in [1.54, 1.807) is 13.2 Å². The van der Waals surface area contributed by atoms with E-state index in [1.807, 2.05) is 25.1 Å². The van der Waals surface area contributed by atoms with Crippen molar-refractivity contribution in [2.45, 2.75) is 44.9 Å². The predicted octanol–water partition coefficient (Wildman–Crippen LogP) is 7.06. The number of benzene rings is 3. The Kier molecular flexibility index (Phi) is 7.22. The maximum Gasteiger partial charge on any atom is 0.244 e. The highest BCUT2D eigenvalue weighted by Gasteiger charge is 2.20. The number of hydrogen-bond donors (Lipinski definition) is 1. The average molecular weight is 480 g/mol. The quantitative estimate of drug-likeness (QED) is 0.275. The number of allylic oxidation sites excluding steroid dienone is 1. The fourth-order valence-corrected chi connectivity index (χ4v) is 5.33. The molecule has 4 nitrogen and oxygen atoms in total. The summed E-state index contributed by atoms with van der Waals surface area (Å²) >= 11 is 0. The summed E-state index contributed by atoms with van der Waals surface area (Å²) in [6.45, 7) is 2.55. The van der Waals surface area contributed by atoms with E-state index in [9.17, 15) is 4.79 Å². The van der Waals surface area contributed by atoms with Gasteiger partial charge in [0.2, 0.25) is 5.91 Å². The minimum atomic E-state index is -0.0938. The van der Waals surface area contributed by atoms with Gasteiger partial charge in [0.15, 0.2) is 0 Å². The summed E-state index contributed by atoms with van der Waals surface area (Å²) in [6.07, 6.45) is 6.89. The monoisotopic (exact) mass is 479 g/mol. The van der Waals surface area contributed by atoms with Crippen LogP contribution in [0.3, 0.4) is 0 Å². The fraction of sp³-hybridized carbons (Fsp3) is 0.281. The van der Waals surface area contributed by atoms with Gasteiger partial charge in [-0.25, -0.2) is 0 Å². The van der Waals surface area contributed by atoms with Crippen molar-refractivity contribution in [1.82, 2.24) is 5.32 Å². The highest BCUT2D eigenvalue weighted by molar-refractivity contribution is 5.97. The van der Waals surface area contributed by atoms with Crippen molar-refractivity contribution < 1.29 is 13.9 Å².